The Balaban J connectivity index is 1.75. The summed E-state index contributed by atoms with van der Waals surface area (Å²) in [6.45, 7) is 4.52. The normalized spacial score (nSPS) is 16.0. The summed E-state index contributed by atoms with van der Waals surface area (Å²) in [6.07, 6.45) is 2.10. The topological polar surface area (TPSA) is 97.6 Å². The Kier molecular flexibility index (Phi) is 6.32. The summed E-state index contributed by atoms with van der Waals surface area (Å²) in [5, 5.41) is 20.8. The van der Waals surface area contributed by atoms with E-state index >= 15 is 0 Å². The van der Waals surface area contributed by atoms with Crippen LogP contribution in [0.2, 0.25) is 5.02 Å². The van der Waals surface area contributed by atoms with Crippen molar-refractivity contribution in [3.63, 3.8) is 0 Å². The fraction of sp³-hybridized carbons (Fsp3) is 0.364. The van der Waals surface area contributed by atoms with Gasteiger partial charge in [-0.25, -0.2) is 0 Å². The Labute approximate surface area is 194 Å². The third-order valence-electron chi connectivity index (χ3n) is 5.40. The lowest BCUT2D eigenvalue weighted by Gasteiger charge is -2.38. The van der Waals surface area contributed by atoms with Gasteiger partial charge in [0.2, 0.25) is 5.43 Å². The first-order valence-electron chi connectivity index (χ1n) is 10.1. The predicted molar refractivity (Wildman–Crippen MR) is 123 cm³/mol. The van der Waals surface area contributed by atoms with Crippen LogP contribution in [0, 0.1) is 0 Å². The van der Waals surface area contributed by atoms with Crippen LogP contribution in [0.3, 0.4) is 0 Å². The first-order valence-corrected chi connectivity index (χ1v) is 11.3. The maximum Gasteiger partial charge on any atom is 0.274 e. The van der Waals surface area contributed by atoms with Gasteiger partial charge in [0.25, 0.3) is 5.91 Å². The molecule has 0 aliphatic carbocycles. The van der Waals surface area contributed by atoms with Gasteiger partial charge in [0, 0.05) is 37.3 Å². The first kappa shape index (κ1) is 22.4. The lowest BCUT2D eigenvalue weighted by molar-refractivity contribution is 0.0511. The highest BCUT2D eigenvalue weighted by molar-refractivity contribution is 7.14. The molecular weight excluding hydrogens is 452 g/mol. The minimum atomic E-state index is -0.642. The molecule has 3 aromatic rings. The Hall–Kier alpha value is -2.75. The number of hydrogen-bond acceptors (Lipinski definition) is 7. The fourth-order valence-electron chi connectivity index (χ4n) is 3.83. The highest BCUT2D eigenvalue weighted by Crippen LogP contribution is 2.31. The minimum absolute atomic E-state index is 0.0237. The highest BCUT2D eigenvalue weighted by atomic mass is 35.5. The van der Waals surface area contributed by atoms with E-state index in [1.54, 1.807) is 28.8 Å². The molecule has 168 valence electrons. The Morgan fingerprint density at radius 1 is 1.31 bits per heavy atom. The van der Waals surface area contributed by atoms with Crippen molar-refractivity contribution in [1.29, 1.82) is 0 Å². The number of halogens is 1. The summed E-state index contributed by atoms with van der Waals surface area (Å²) >= 11 is 7.32. The van der Waals surface area contributed by atoms with Gasteiger partial charge >= 0.3 is 0 Å². The van der Waals surface area contributed by atoms with Crippen LogP contribution in [-0.2, 0) is 11.2 Å². The molecule has 0 saturated carbocycles. The van der Waals surface area contributed by atoms with Crippen molar-refractivity contribution < 1.29 is 14.6 Å². The van der Waals surface area contributed by atoms with Crippen LogP contribution >= 0.6 is 22.9 Å². The van der Waals surface area contributed by atoms with E-state index < -0.39 is 11.2 Å². The quantitative estimate of drug-likeness (QED) is 0.588. The molecular formula is C22H23ClN4O4S. The molecule has 1 aliphatic heterocycles. The van der Waals surface area contributed by atoms with Crippen LogP contribution in [0.25, 0.3) is 10.6 Å². The third kappa shape index (κ3) is 4.15. The second kappa shape index (κ2) is 9.01. The molecule has 8 nitrogen and oxygen atoms in total. The molecule has 1 N–H and O–H groups in total. The number of amides is 1. The van der Waals surface area contributed by atoms with Crippen molar-refractivity contribution in [3.8, 4) is 16.3 Å². The van der Waals surface area contributed by atoms with Gasteiger partial charge in [-0.15, -0.1) is 10.2 Å². The molecule has 3 heterocycles. The zero-order valence-electron chi connectivity index (χ0n) is 17.9. The monoisotopic (exact) mass is 474 g/mol. The number of hydrogen-bond donors (Lipinski definition) is 1. The molecule has 4 rings (SSSR count). The first-order chi connectivity index (χ1) is 15.3. The van der Waals surface area contributed by atoms with Gasteiger partial charge in [0.05, 0.1) is 18.2 Å². The Bertz CT molecular complexity index is 1220. The molecule has 10 heteroatoms. The van der Waals surface area contributed by atoms with E-state index in [1.807, 2.05) is 32.0 Å². The maximum absolute atomic E-state index is 13.0. The van der Waals surface area contributed by atoms with E-state index in [-0.39, 0.29) is 29.2 Å². The lowest BCUT2D eigenvalue weighted by atomic mass is 10.1. The van der Waals surface area contributed by atoms with Gasteiger partial charge in [-0.1, -0.05) is 35.1 Å². The summed E-state index contributed by atoms with van der Waals surface area (Å²) in [5.41, 5.74) is 0.513. The number of fused-ring (bicyclic) bond motifs is 1. The van der Waals surface area contributed by atoms with Gasteiger partial charge in [0.15, 0.2) is 16.5 Å². The number of rotatable bonds is 6. The average Bonchev–Trinajstić information content (AvgIpc) is 3.20. The minimum Gasteiger partial charge on any atom is -0.503 e. The number of pyridine rings is 1. The molecule has 0 bridgehead atoms. The smallest absolute Gasteiger partial charge is 0.274 e. The number of carbonyl (C=O) groups excluding carboxylic acids is 1. The third-order valence-corrected chi connectivity index (χ3v) is 6.59. The summed E-state index contributed by atoms with van der Waals surface area (Å²) < 4.78 is 6.98. The number of benzene rings is 1. The van der Waals surface area contributed by atoms with Crippen molar-refractivity contribution >= 4 is 28.8 Å². The molecule has 2 aromatic heterocycles. The van der Waals surface area contributed by atoms with E-state index in [9.17, 15) is 14.7 Å². The van der Waals surface area contributed by atoms with Gasteiger partial charge < -0.3 is 19.3 Å². The summed E-state index contributed by atoms with van der Waals surface area (Å²) in [5.74, 6) is -0.960. The number of carbonyl (C=O) groups is 1. The van der Waals surface area contributed by atoms with Crippen molar-refractivity contribution in [2.75, 3.05) is 20.3 Å². The lowest BCUT2D eigenvalue weighted by Crippen LogP contribution is -2.48. The number of methoxy groups -OCH3 is 1. The number of aromatic hydroxyl groups is 1. The van der Waals surface area contributed by atoms with E-state index in [1.165, 1.54) is 11.3 Å². The summed E-state index contributed by atoms with van der Waals surface area (Å²) in [4.78, 5) is 27.6. The van der Waals surface area contributed by atoms with Crippen LogP contribution in [0.15, 0.2) is 35.3 Å². The molecule has 1 aliphatic rings. The van der Waals surface area contributed by atoms with Crippen LogP contribution in [0.5, 0.6) is 5.75 Å². The van der Waals surface area contributed by atoms with Crippen LogP contribution in [0.1, 0.15) is 40.9 Å². The largest absolute Gasteiger partial charge is 0.503 e. The average molecular weight is 475 g/mol. The molecule has 0 fully saturated rings. The molecule has 0 radical (unpaired) electrons. The van der Waals surface area contributed by atoms with E-state index in [0.29, 0.717) is 34.6 Å². The molecule has 1 amide bonds. The molecule has 0 unspecified atom stereocenters. The van der Waals surface area contributed by atoms with E-state index in [2.05, 4.69) is 10.2 Å². The summed E-state index contributed by atoms with van der Waals surface area (Å²) in [7, 11) is 1.58. The predicted octanol–water partition coefficient (Wildman–Crippen LogP) is 3.37. The Morgan fingerprint density at radius 3 is 2.78 bits per heavy atom. The van der Waals surface area contributed by atoms with Crippen molar-refractivity contribution in [2.45, 2.75) is 32.4 Å². The number of nitrogens with zero attached hydrogens (tertiary/aromatic N) is 4. The van der Waals surface area contributed by atoms with Crippen molar-refractivity contribution in [1.82, 2.24) is 19.7 Å². The highest BCUT2D eigenvalue weighted by Gasteiger charge is 2.36. The molecule has 1 aromatic carbocycles. The SMILES string of the molecule is COC[C@H]1CN(C(C)C)C(=O)c2c(O)c(=O)c(-c3nnc(Cc4cccc(Cl)c4)s3)cn21. The standard InChI is InChI=1S/C22H23ClN4O4S/c1-12(2)26-9-15(11-31-3)27-10-16(19(28)20(29)18(27)22(26)30)21-25-24-17(32-21)8-13-5-4-6-14(23)7-13/h4-7,10,12,15,29H,8-9,11H2,1-3H3/t15-/m1/s1. The molecule has 0 saturated heterocycles. The molecule has 32 heavy (non-hydrogen) atoms. The zero-order valence-corrected chi connectivity index (χ0v) is 19.5. The van der Waals surface area contributed by atoms with E-state index in [0.717, 1.165) is 5.56 Å². The molecule has 0 spiro atoms. The van der Waals surface area contributed by atoms with Gasteiger partial charge in [-0.05, 0) is 31.5 Å². The fourth-order valence-corrected chi connectivity index (χ4v) is 4.93. The zero-order chi connectivity index (χ0) is 23.0. The number of aromatic nitrogens is 3. The number of ether oxygens (including phenoxy) is 1. The maximum atomic E-state index is 13.0. The summed E-state index contributed by atoms with van der Waals surface area (Å²) in [6, 6.07) is 7.12. The van der Waals surface area contributed by atoms with Crippen molar-refractivity contribution in [2.24, 2.45) is 0 Å². The van der Waals surface area contributed by atoms with Crippen LogP contribution in [-0.4, -0.2) is 57.0 Å². The van der Waals surface area contributed by atoms with Crippen LogP contribution in [0.4, 0.5) is 0 Å². The van der Waals surface area contributed by atoms with Crippen molar-refractivity contribution in [3.05, 3.63) is 62.0 Å². The Morgan fingerprint density at radius 2 is 2.09 bits per heavy atom. The van der Waals surface area contributed by atoms with E-state index in [4.69, 9.17) is 16.3 Å². The van der Waals surface area contributed by atoms with Crippen LogP contribution < -0.4 is 5.43 Å². The van der Waals surface area contributed by atoms with Gasteiger partial charge in [-0.3, -0.25) is 9.59 Å². The molecule has 1 atom stereocenters. The second-order valence-corrected chi connectivity index (χ2v) is 9.44. The van der Waals surface area contributed by atoms with Gasteiger partial charge in [-0.2, -0.15) is 0 Å². The second-order valence-electron chi connectivity index (χ2n) is 7.94. The van der Waals surface area contributed by atoms with Gasteiger partial charge in [0.1, 0.15) is 5.01 Å².